The number of hydrogen-bond donors (Lipinski definition) is 2. The van der Waals surface area contributed by atoms with Crippen molar-refractivity contribution in [2.75, 3.05) is 17.7 Å². The number of rotatable bonds is 6. The minimum atomic E-state index is -0.266. The number of hydrogen-bond acceptors (Lipinski definition) is 3. The van der Waals surface area contributed by atoms with Crippen molar-refractivity contribution in [3.05, 3.63) is 52.3 Å². The number of benzene rings is 1. The first-order valence-electron chi connectivity index (χ1n) is 10.6. The Labute approximate surface area is 190 Å². The SMILES string of the molecule is O=C(CCCCl)NC[C@H]1CC[C@@H]2[C@H](O1)c1cc(Br)cc(F)c1N[C@H]2C1C=CC=CC1. The maximum atomic E-state index is 14.9. The van der Waals surface area contributed by atoms with Gasteiger partial charge in [0, 0.05) is 46.8 Å². The Morgan fingerprint density at radius 1 is 1.33 bits per heavy atom. The van der Waals surface area contributed by atoms with Gasteiger partial charge in [-0.1, -0.05) is 40.2 Å². The van der Waals surface area contributed by atoms with Gasteiger partial charge in [0.2, 0.25) is 5.91 Å². The first kappa shape index (κ1) is 21.8. The van der Waals surface area contributed by atoms with Crippen molar-refractivity contribution >= 4 is 39.1 Å². The Hall–Kier alpha value is -1.37. The smallest absolute Gasteiger partial charge is 0.220 e. The summed E-state index contributed by atoms with van der Waals surface area (Å²) in [6, 6.07) is 3.56. The van der Waals surface area contributed by atoms with Crippen LogP contribution in [0.5, 0.6) is 0 Å². The highest BCUT2D eigenvalue weighted by Gasteiger charge is 2.44. The molecule has 0 bridgehead atoms. The monoisotopic (exact) mass is 496 g/mol. The molecule has 1 saturated heterocycles. The molecular formula is C23H27BrClFN2O2. The zero-order chi connectivity index (χ0) is 21.1. The van der Waals surface area contributed by atoms with Crippen LogP contribution in [-0.4, -0.2) is 30.5 Å². The van der Waals surface area contributed by atoms with Gasteiger partial charge in [-0.3, -0.25) is 4.79 Å². The topological polar surface area (TPSA) is 50.4 Å². The number of anilines is 1. The molecule has 162 valence electrons. The molecular weight excluding hydrogens is 471 g/mol. The molecule has 0 saturated carbocycles. The van der Waals surface area contributed by atoms with Crippen LogP contribution in [0.25, 0.3) is 0 Å². The van der Waals surface area contributed by atoms with E-state index in [1.54, 1.807) is 0 Å². The highest BCUT2D eigenvalue weighted by molar-refractivity contribution is 9.10. The Balaban J connectivity index is 1.54. The van der Waals surface area contributed by atoms with Gasteiger partial charge in [-0.05, 0) is 37.8 Å². The lowest BCUT2D eigenvalue weighted by Crippen LogP contribution is -2.48. The number of alkyl halides is 1. The number of carbonyl (C=O) groups is 1. The number of carbonyl (C=O) groups excluding carboxylic acids is 1. The number of fused-ring (bicyclic) bond motifs is 3. The molecule has 1 unspecified atom stereocenters. The molecule has 7 heteroatoms. The molecule has 1 amide bonds. The fraction of sp³-hybridized carbons (Fsp3) is 0.522. The zero-order valence-electron chi connectivity index (χ0n) is 16.8. The highest BCUT2D eigenvalue weighted by Crippen LogP contribution is 2.49. The van der Waals surface area contributed by atoms with Crippen molar-refractivity contribution in [3.8, 4) is 0 Å². The number of ether oxygens (including phenoxy) is 1. The molecule has 2 aliphatic heterocycles. The predicted molar refractivity (Wildman–Crippen MR) is 121 cm³/mol. The summed E-state index contributed by atoms with van der Waals surface area (Å²) in [7, 11) is 0. The average Bonchev–Trinajstić information content (AvgIpc) is 2.76. The lowest BCUT2D eigenvalue weighted by molar-refractivity contribution is -0.124. The molecule has 2 heterocycles. The summed E-state index contributed by atoms with van der Waals surface area (Å²) < 4.78 is 22.1. The fourth-order valence-corrected chi connectivity index (χ4v) is 5.39. The zero-order valence-corrected chi connectivity index (χ0v) is 19.1. The molecule has 1 aromatic carbocycles. The lowest BCUT2D eigenvalue weighted by atomic mass is 9.73. The van der Waals surface area contributed by atoms with E-state index in [1.165, 1.54) is 6.07 Å². The van der Waals surface area contributed by atoms with Crippen LogP contribution < -0.4 is 10.6 Å². The molecule has 1 fully saturated rings. The van der Waals surface area contributed by atoms with Crippen molar-refractivity contribution in [1.82, 2.24) is 5.32 Å². The summed E-state index contributed by atoms with van der Waals surface area (Å²) in [6.07, 6.45) is 12.1. The third-order valence-corrected chi connectivity index (χ3v) is 6.98. The van der Waals surface area contributed by atoms with Gasteiger partial charge in [0.25, 0.3) is 0 Å². The number of nitrogens with one attached hydrogen (secondary N) is 2. The molecule has 30 heavy (non-hydrogen) atoms. The van der Waals surface area contributed by atoms with E-state index in [0.29, 0.717) is 41.3 Å². The van der Waals surface area contributed by atoms with Gasteiger partial charge in [-0.2, -0.15) is 0 Å². The van der Waals surface area contributed by atoms with Crippen molar-refractivity contribution < 1.29 is 13.9 Å². The fourth-order valence-electron chi connectivity index (χ4n) is 4.81. The molecule has 4 rings (SSSR count). The summed E-state index contributed by atoms with van der Waals surface area (Å²) in [4.78, 5) is 12.0. The Morgan fingerprint density at radius 2 is 2.20 bits per heavy atom. The van der Waals surface area contributed by atoms with Crippen molar-refractivity contribution in [2.45, 2.75) is 50.4 Å². The molecule has 3 aliphatic rings. The van der Waals surface area contributed by atoms with Crippen LogP contribution in [0.2, 0.25) is 0 Å². The molecule has 5 atom stereocenters. The second-order valence-corrected chi connectivity index (χ2v) is 9.54. The van der Waals surface area contributed by atoms with Gasteiger partial charge in [-0.25, -0.2) is 4.39 Å². The standard InChI is InChI=1S/C23H27BrClFN2O2/c24-15-11-18-22(19(26)12-15)28-21(14-5-2-1-3-6-14)17-9-8-16(30-23(17)18)13-27-20(29)7-4-10-25/h1-3,5,11-12,14,16-17,21,23,28H,4,6-10,13H2,(H,27,29)/t14?,16-,17+,21+,23+/m1/s1. The minimum Gasteiger partial charge on any atom is -0.379 e. The lowest BCUT2D eigenvalue weighted by Gasteiger charge is -2.47. The van der Waals surface area contributed by atoms with Crippen LogP contribution in [0.15, 0.2) is 40.9 Å². The van der Waals surface area contributed by atoms with E-state index in [2.05, 4.69) is 50.9 Å². The largest absolute Gasteiger partial charge is 0.379 e. The second kappa shape index (κ2) is 9.84. The van der Waals surface area contributed by atoms with Crippen LogP contribution in [0.4, 0.5) is 10.1 Å². The molecule has 0 aromatic heterocycles. The molecule has 0 radical (unpaired) electrons. The van der Waals surface area contributed by atoms with E-state index >= 15 is 0 Å². The number of halogens is 3. The van der Waals surface area contributed by atoms with E-state index in [4.69, 9.17) is 16.3 Å². The Bertz CT molecular complexity index is 847. The number of amides is 1. The second-order valence-electron chi connectivity index (χ2n) is 8.25. The van der Waals surface area contributed by atoms with Gasteiger partial charge in [0.05, 0.1) is 17.9 Å². The van der Waals surface area contributed by atoms with Gasteiger partial charge >= 0.3 is 0 Å². The molecule has 2 N–H and O–H groups in total. The van der Waals surface area contributed by atoms with Crippen molar-refractivity contribution in [2.24, 2.45) is 11.8 Å². The first-order chi connectivity index (χ1) is 14.6. The molecule has 4 nitrogen and oxygen atoms in total. The van der Waals surface area contributed by atoms with Crippen LogP contribution in [-0.2, 0) is 9.53 Å². The summed E-state index contributed by atoms with van der Waals surface area (Å²) in [5.41, 5.74) is 1.40. The van der Waals surface area contributed by atoms with E-state index in [1.807, 2.05) is 6.07 Å². The third kappa shape index (κ3) is 4.76. The van der Waals surface area contributed by atoms with Crippen LogP contribution in [0, 0.1) is 17.7 Å². The van der Waals surface area contributed by atoms with Gasteiger partial charge in [-0.15, -0.1) is 11.6 Å². The van der Waals surface area contributed by atoms with Gasteiger partial charge in [0.15, 0.2) is 0 Å². The first-order valence-corrected chi connectivity index (χ1v) is 12.0. The summed E-state index contributed by atoms with van der Waals surface area (Å²) in [6.45, 7) is 0.473. The van der Waals surface area contributed by atoms with Crippen molar-refractivity contribution in [1.29, 1.82) is 0 Å². The number of allylic oxidation sites excluding steroid dienone is 3. The summed E-state index contributed by atoms with van der Waals surface area (Å²) >= 11 is 9.09. The van der Waals surface area contributed by atoms with Crippen LogP contribution >= 0.6 is 27.5 Å². The van der Waals surface area contributed by atoms with Crippen LogP contribution in [0.1, 0.15) is 43.8 Å². The summed E-state index contributed by atoms with van der Waals surface area (Å²) in [5, 5.41) is 6.47. The predicted octanol–water partition coefficient (Wildman–Crippen LogP) is 5.49. The highest BCUT2D eigenvalue weighted by atomic mass is 79.9. The Morgan fingerprint density at radius 3 is 2.97 bits per heavy atom. The normalized spacial score (nSPS) is 29.6. The molecule has 0 spiro atoms. The maximum absolute atomic E-state index is 14.9. The third-order valence-electron chi connectivity index (χ3n) is 6.25. The molecule has 1 aliphatic carbocycles. The van der Waals surface area contributed by atoms with Gasteiger partial charge in [0.1, 0.15) is 5.82 Å². The summed E-state index contributed by atoms with van der Waals surface area (Å²) in [5.74, 6) is 0.758. The van der Waals surface area contributed by atoms with E-state index in [9.17, 15) is 9.18 Å². The minimum absolute atomic E-state index is 0.00196. The van der Waals surface area contributed by atoms with Crippen LogP contribution in [0.3, 0.4) is 0 Å². The molecule has 1 aromatic rings. The van der Waals surface area contributed by atoms with E-state index in [-0.39, 0.29) is 35.9 Å². The maximum Gasteiger partial charge on any atom is 0.220 e. The Kier molecular flexibility index (Phi) is 7.16. The van der Waals surface area contributed by atoms with E-state index < -0.39 is 0 Å². The average molecular weight is 498 g/mol. The van der Waals surface area contributed by atoms with E-state index in [0.717, 1.165) is 24.8 Å². The van der Waals surface area contributed by atoms with Crippen molar-refractivity contribution in [3.63, 3.8) is 0 Å². The quantitative estimate of drug-likeness (QED) is 0.511. The van der Waals surface area contributed by atoms with Gasteiger partial charge < -0.3 is 15.4 Å².